The smallest absolute Gasteiger partial charge is 0.255 e. The summed E-state index contributed by atoms with van der Waals surface area (Å²) in [7, 11) is 1.78. The van der Waals surface area contributed by atoms with E-state index in [1.807, 2.05) is 55.5 Å². The Bertz CT molecular complexity index is 1140. The Labute approximate surface area is 169 Å². The fourth-order valence-corrected chi connectivity index (χ4v) is 3.35. The van der Waals surface area contributed by atoms with Crippen molar-refractivity contribution in [3.05, 3.63) is 78.1 Å². The number of ether oxygens (including phenoxy) is 1. The number of fused-ring (bicyclic) bond motifs is 1. The average molecular weight is 386 g/mol. The lowest BCUT2D eigenvalue weighted by Crippen LogP contribution is -2.26. The summed E-state index contributed by atoms with van der Waals surface area (Å²) in [5, 5.41) is 8.12. The quantitative estimate of drug-likeness (QED) is 0.536. The van der Waals surface area contributed by atoms with Crippen molar-refractivity contribution in [2.75, 3.05) is 13.7 Å². The highest BCUT2D eigenvalue weighted by Gasteiger charge is 2.17. The number of rotatable bonds is 6. The molecule has 0 bridgehead atoms. The molecule has 1 N–H and O–H groups in total. The first-order chi connectivity index (χ1) is 14.2. The summed E-state index contributed by atoms with van der Waals surface area (Å²) >= 11 is 0. The van der Waals surface area contributed by atoms with Gasteiger partial charge in [-0.15, -0.1) is 0 Å². The van der Waals surface area contributed by atoms with E-state index in [9.17, 15) is 4.79 Å². The molecule has 0 saturated carbocycles. The molecule has 4 aromatic rings. The van der Waals surface area contributed by atoms with E-state index in [1.165, 1.54) is 0 Å². The Morgan fingerprint density at radius 1 is 1.10 bits per heavy atom. The second kappa shape index (κ2) is 8.14. The summed E-state index contributed by atoms with van der Waals surface area (Å²) in [5.74, 6) is 0.489. The topological polar surface area (TPSA) is 71.1 Å². The number of amides is 1. The highest BCUT2D eigenvalue weighted by molar-refractivity contribution is 5.95. The van der Waals surface area contributed by atoms with E-state index in [-0.39, 0.29) is 5.91 Å². The van der Waals surface area contributed by atoms with Crippen molar-refractivity contribution in [1.82, 2.24) is 20.1 Å². The van der Waals surface area contributed by atoms with Gasteiger partial charge in [-0.3, -0.25) is 14.9 Å². The van der Waals surface area contributed by atoms with Crippen LogP contribution < -0.4 is 4.74 Å². The van der Waals surface area contributed by atoms with Gasteiger partial charge in [0.25, 0.3) is 5.91 Å². The van der Waals surface area contributed by atoms with Crippen LogP contribution in [0.4, 0.5) is 0 Å². The van der Waals surface area contributed by atoms with Gasteiger partial charge in [-0.25, -0.2) is 0 Å². The molecule has 0 spiro atoms. The van der Waals surface area contributed by atoms with Crippen LogP contribution in [0.1, 0.15) is 22.8 Å². The number of nitrogens with zero attached hydrogens (tertiary/aromatic N) is 3. The number of carbonyl (C=O) groups excluding carboxylic acids is 1. The second-order valence-electron chi connectivity index (χ2n) is 6.78. The monoisotopic (exact) mass is 386 g/mol. The first-order valence-corrected chi connectivity index (χ1v) is 9.52. The molecule has 0 unspecified atom stereocenters. The molecule has 6 nitrogen and oxygen atoms in total. The first kappa shape index (κ1) is 18.7. The minimum absolute atomic E-state index is 0.116. The lowest BCUT2D eigenvalue weighted by molar-refractivity contribution is 0.0784. The number of aromatic nitrogens is 3. The minimum atomic E-state index is -0.116. The number of carbonyl (C=O) groups is 1. The number of hydrogen-bond acceptors (Lipinski definition) is 4. The van der Waals surface area contributed by atoms with E-state index in [1.54, 1.807) is 30.4 Å². The van der Waals surface area contributed by atoms with Crippen molar-refractivity contribution in [3.8, 4) is 17.0 Å². The molecule has 4 rings (SSSR count). The van der Waals surface area contributed by atoms with Crippen LogP contribution in [0.5, 0.6) is 5.75 Å². The van der Waals surface area contributed by atoms with Gasteiger partial charge in [0.15, 0.2) is 0 Å². The van der Waals surface area contributed by atoms with Crippen molar-refractivity contribution >= 4 is 16.8 Å². The molecule has 2 aromatic heterocycles. The molecule has 0 radical (unpaired) electrons. The zero-order chi connectivity index (χ0) is 20.2. The summed E-state index contributed by atoms with van der Waals surface area (Å²) in [6, 6.07) is 17.5. The van der Waals surface area contributed by atoms with E-state index in [2.05, 4.69) is 15.2 Å². The summed E-state index contributed by atoms with van der Waals surface area (Å²) < 4.78 is 5.78. The van der Waals surface area contributed by atoms with Gasteiger partial charge in [-0.05, 0) is 18.6 Å². The van der Waals surface area contributed by atoms with Gasteiger partial charge >= 0.3 is 0 Å². The maximum absolute atomic E-state index is 13.0. The van der Waals surface area contributed by atoms with E-state index in [4.69, 9.17) is 4.74 Å². The molecular weight excluding hydrogens is 364 g/mol. The van der Waals surface area contributed by atoms with E-state index in [0.29, 0.717) is 24.5 Å². The molecule has 0 aliphatic heterocycles. The van der Waals surface area contributed by atoms with Gasteiger partial charge in [0, 0.05) is 30.7 Å². The molecular formula is C23H22N4O2. The maximum atomic E-state index is 13.0. The number of para-hydroxylation sites is 1. The molecule has 2 aromatic carbocycles. The van der Waals surface area contributed by atoms with Crippen LogP contribution in [0.3, 0.4) is 0 Å². The zero-order valence-electron chi connectivity index (χ0n) is 16.4. The molecule has 0 atom stereocenters. The highest BCUT2D eigenvalue weighted by Crippen LogP contribution is 2.29. The molecule has 1 amide bonds. The molecule has 0 fully saturated rings. The maximum Gasteiger partial charge on any atom is 0.255 e. The third-order valence-electron chi connectivity index (χ3n) is 4.76. The third kappa shape index (κ3) is 3.82. The van der Waals surface area contributed by atoms with Gasteiger partial charge in [0.1, 0.15) is 11.4 Å². The van der Waals surface area contributed by atoms with Crippen LogP contribution in [0.2, 0.25) is 0 Å². The SMILES string of the molecule is CCOc1cc(C(=O)N(C)Cc2cccc3cn[nH]c23)cnc1-c1ccccc1. The van der Waals surface area contributed by atoms with Crippen LogP contribution in [0.25, 0.3) is 22.2 Å². The summed E-state index contributed by atoms with van der Waals surface area (Å²) in [4.78, 5) is 19.2. The van der Waals surface area contributed by atoms with Crippen LogP contribution in [-0.4, -0.2) is 39.6 Å². The summed E-state index contributed by atoms with van der Waals surface area (Å²) in [6.07, 6.45) is 3.39. The number of hydrogen-bond donors (Lipinski definition) is 1. The Kier molecular flexibility index (Phi) is 5.24. The van der Waals surface area contributed by atoms with E-state index < -0.39 is 0 Å². The van der Waals surface area contributed by atoms with E-state index >= 15 is 0 Å². The molecule has 29 heavy (non-hydrogen) atoms. The van der Waals surface area contributed by atoms with Crippen molar-refractivity contribution in [2.45, 2.75) is 13.5 Å². The lowest BCUT2D eigenvalue weighted by atomic mass is 10.1. The van der Waals surface area contributed by atoms with Crippen LogP contribution in [-0.2, 0) is 6.54 Å². The molecule has 6 heteroatoms. The number of aromatic amines is 1. The van der Waals surface area contributed by atoms with Crippen LogP contribution in [0, 0.1) is 0 Å². The van der Waals surface area contributed by atoms with Gasteiger partial charge in [-0.1, -0.05) is 48.5 Å². The minimum Gasteiger partial charge on any atom is -0.492 e. The molecule has 0 saturated heterocycles. The molecule has 0 aliphatic rings. The summed E-state index contributed by atoms with van der Waals surface area (Å²) in [5.41, 5.74) is 4.13. The number of pyridine rings is 1. The summed E-state index contributed by atoms with van der Waals surface area (Å²) in [6.45, 7) is 2.88. The Hall–Kier alpha value is -3.67. The molecule has 2 heterocycles. The lowest BCUT2D eigenvalue weighted by Gasteiger charge is -2.19. The molecule has 0 aliphatic carbocycles. The second-order valence-corrected chi connectivity index (χ2v) is 6.78. The predicted molar refractivity (Wildman–Crippen MR) is 113 cm³/mol. The number of benzene rings is 2. The Morgan fingerprint density at radius 2 is 1.93 bits per heavy atom. The van der Waals surface area contributed by atoms with Crippen molar-refractivity contribution in [2.24, 2.45) is 0 Å². The Balaban J connectivity index is 1.61. The van der Waals surface area contributed by atoms with E-state index in [0.717, 1.165) is 27.7 Å². The standard InChI is InChI=1S/C23H22N4O2/c1-3-29-20-12-19(13-24-22(20)16-8-5-4-6-9-16)23(28)27(2)15-18-11-7-10-17-14-25-26-21(17)18/h4-14H,3,15H2,1-2H3,(H,25,26). The van der Waals surface area contributed by atoms with Crippen molar-refractivity contribution < 1.29 is 9.53 Å². The number of H-pyrrole nitrogens is 1. The van der Waals surface area contributed by atoms with Crippen molar-refractivity contribution in [3.63, 3.8) is 0 Å². The van der Waals surface area contributed by atoms with Crippen molar-refractivity contribution in [1.29, 1.82) is 0 Å². The number of nitrogens with one attached hydrogen (secondary N) is 1. The van der Waals surface area contributed by atoms with Gasteiger partial charge in [-0.2, -0.15) is 5.10 Å². The highest BCUT2D eigenvalue weighted by atomic mass is 16.5. The fraction of sp³-hybridized carbons (Fsp3) is 0.174. The first-order valence-electron chi connectivity index (χ1n) is 9.52. The average Bonchev–Trinajstić information content (AvgIpc) is 3.24. The van der Waals surface area contributed by atoms with Crippen LogP contribution in [0.15, 0.2) is 67.0 Å². The normalized spacial score (nSPS) is 10.8. The fourth-order valence-electron chi connectivity index (χ4n) is 3.35. The zero-order valence-corrected chi connectivity index (χ0v) is 16.4. The van der Waals surface area contributed by atoms with Crippen LogP contribution >= 0.6 is 0 Å². The predicted octanol–water partition coefficient (Wildman–Crippen LogP) is 4.30. The van der Waals surface area contributed by atoms with Gasteiger partial charge in [0.05, 0.1) is 23.9 Å². The van der Waals surface area contributed by atoms with Gasteiger partial charge < -0.3 is 9.64 Å². The Morgan fingerprint density at radius 3 is 2.72 bits per heavy atom. The molecule has 146 valence electrons. The van der Waals surface area contributed by atoms with Gasteiger partial charge in [0.2, 0.25) is 0 Å². The third-order valence-corrected chi connectivity index (χ3v) is 4.76. The largest absolute Gasteiger partial charge is 0.492 e.